The van der Waals surface area contributed by atoms with Crippen LogP contribution in [0.2, 0.25) is 0 Å². The minimum absolute atomic E-state index is 0.206. The molecule has 0 saturated heterocycles. The van der Waals surface area contributed by atoms with Gasteiger partial charge < -0.3 is 11.1 Å². The van der Waals surface area contributed by atoms with Crippen molar-refractivity contribution in [3.05, 3.63) is 102 Å². The molecule has 1 heterocycles. The summed E-state index contributed by atoms with van der Waals surface area (Å²) in [5.41, 5.74) is 8.48. The molecule has 0 aliphatic heterocycles. The van der Waals surface area contributed by atoms with Gasteiger partial charge in [-0.05, 0) is 60.2 Å². The molecule has 166 valence electrons. The zero-order valence-corrected chi connectivity index (χ0v) is 17.9. The highest BCUT2D eigenvalue weighted by Crippen LogP contribution is 2.25. The average Bonchev–Trinajstić information content (AvgIpc) is 2.82. The Kier molecular flexibility index (Phi) is 6.60. The van der Waals surface area contributed by atoms with Crippen molar-refractivity contribution in [1.29, 1.82) is 0 Å². The molecule has 0 spiro atoms. The van der Waals surface area contributed by atoms with Gasteiger partial charge in [-0.2, -0.15) is 0 Å². The number of nitrogens with zero attached hydrogens (tertiary/aromatic N) is 2. The summed E-state index contributed by atoms with van der Waals surface area (Å²) in [6, 6.07) is 15.9. The van der Waals surface area contributed by atoms with E-state index in [1.54, 1.807) is 36.5 Å². The zero-order chi connectivity index (χ0) is 23.4. The maximum Gasteiger partial charge on any atom is 0.255 e. The van der Waals surface area contributed by atoms with Crippen LogP contribution in [0, 0.1) is 17.5 Å². The Hall–Kier alpha value is -3.85. The maximum atomic E-state index is 13.5. The van der Waals surface area contributed by atoms with Crippen LogP contribution < -0.4 is 11.1 Å². The number of nitrogens with two attached hydrogens (primary N) is 1. The molecule has 0 aliphatic rings. The van der Waals surface area contributed by atoms with E-state index in [4.69, 9.17) is 5.73 Å². The number of halogens is 3. The molecule has 4 rings (SSSR count). The topological polar surface area (TPSA) is 80.9 Å². The monoisotopic (exact) mass is 466 g/mol. The Morgan fingerprint density at radius 1 is 0.939 bits per heavy atom. The second-order valence-electron chi connectivity index (χ2n) is 7.02. The first kappa shape index (κ1) is 22.3. The third kappa shape index (κ3) is 5.50. The van der Waals surface area contributed by atoms with Crippen molar-refractivity contribution in [2.45, 2.75) is 10.9 Å². The van der Waals surface area contributed by atoms with Crippen molar-refractivity contribution in [2.24, 2.45) is 0 Å². The van der Waals surface area contributed by atoms with Crippen molar-refractivity contribution in [3.63, 3.8) is 0 Å². The highest BCUT2D eigenvalue weighted by molar-refractivity contribution is 7.98. The van der Waals surface area contributed by atoms with Gasteiger partial charge in [0.1, 0.15) is 5.82 Å². The van der Waals surface area contributed by atoms with Crippen molar-refractivity contribution >= 4 is 29.0 Å². The van der Waals surface area contributed by atoms with Crippen LogP contribution in [0.5, 0.6) is 0 Å². The van der Waals surface area contributed by atoms with E-state index in [-0.39, 0.29) is 11.4 Å². The standard InChI is InChI=1S/C24H17F3N4OS/c25-17-6-8-20(28)22(12-17)30-23(32)15-3-1-14(2-4-15)13-33-24-29-10-9-21(31-24)16-5-7-18(26)19(27)11-16/h1-12H,13,28H2,(H,30,32). The fourth-order valence-corrected chi connectivity index (χ4v) is 3.74. The Balaban J connectivity index is 1.40. The number of benzene rings is 3. The number of amides is 1. The summed E-state index contributed by atoms with van der Waals surface area (Å²) in [4.78, 5) is 21.0. The first-order chi connectivity index (χ1) is 15.9. The predicted octanol–water partition coefficient (Wildman–Crippen LogP) is 5.69. The SMILES string of the molecule is Nc1ccc(F)cc1NC(=O)c1ccc(CSc2nccc(-c3ccc(F)c(F)c3)n2)cc1. The summed E-state index contributed by atoms with van der Waals surface area (Å²) in [5.74, 6) is -2.24. The number of rotatable bonds is 6. The number of hydrogen-bond donors (Lipinski definition) is 2. The number of anilines is 2. The van der Waals surface area contributed by atoms with Crippen LogP contribution in [0.25, 0.3) is 11.3 Å². The lowest BCUT2D eigenvalue weighted by Crippen LogP contribution is -2.13. The molecule has 0 bridgehead atoms. The highest BCUT2D eigenvalue weighted by atomic mass is 32.2. The summed E-state index contributed by atoms with van der Waals surface area (Å²) >= 11 is 1.36. The summed E-state index contributed by atoms with van der Waals surface area (Å²) in [6.07, 6.45) is 1.55. The van der Waals surface area contributed by atoms with Gasteiger partial charge in [-0.1, -0.05) is 23.9 Å². The summed E-state index contributed by atoms with van der Waals surface area (Å²) in [5, 5.41) is 3.07. The molecule has 0 unspecified atom stereocenters. The molecule has 4 aromatic rings. The normalized spacial score (nSPS) is 10.8. The lowest BCUT2D eigenvalue weighted by molar-refractivity contribution is 0.102. The molecule has 0 aliphatic carbocycles. The van der Waals surface area contributed by atoms with Gasteiger partial charge >= 0.3 is 0 Å². The Labute approximate surface area is 191 Å². The number of hydrogen-bond acceptors (Lipinski definition) is 5. The number of carbonyl (C=O) groups is 1. The molecular weight excluding hydrogens is 449 g/mol. The second kappa shape index (κ2) is 9.74. The molecule has 3 aromatic carbocycles. The van der Waals surface area contributed by atoms with Crippen LogP contribution in [-0.4, -0.2) is 15.9 Å². The predicted molar refractivity (Wildman–Crippen MR) is 122 cm³/mol. The van der Waals surface area contributed by atoms with Crippen LogP contribution in [-0.2, 0) is 5.75 Å². The van der Waals surface area contributed by atoms with Gasteiger partial charge in [0.05, 0.1) is 17.1 Å². The number of thioether (sulfide) groups is 1. The van der Waals surface area contributed by atoms with E-state index in [9.17, 15) is 18.0 Å². The molecule has 0 saturated carbocycles. The first-order valence-electron chi connectivity index (χ1n) is 9.75. The quantitative estimate of drug-likeness (QED) is 0.217. The minimum Gasteiger partial charge on any atom is -0.397 e. The fraction of sp³-hybridized carbons (Fsp3) is 0.0417. The van der Waals surface area contributed by atoms with Crippen molar-refractivity contribution in [3.8, 4) is 11.3 Å². The van der Waals surface area contributed by atoms with Gasteiger partial charge in [0.15, 0.2) is 16.8 Å². The van der Waals surface area contributed by atoms with Crippen LogP contribution in [0.15, 0.2) is 78.1 Å². The number of nitrogens with one attached hydrogen (secondary N) is 1. The van der Waals surface area contributed by atoms with Gasteiger partial charge in [0.2, 0.25) is 0 Å². The van der Waals surface area contributed by atoms with Crippen molar-refractivity contribution in [1.82, 2.24) is 9.97 Å². The number of aromatic nitrogens is 2. The smallest absolute Gasteiger partial charge is 0.255 e. The summed E-state index contributed by atoms with van der Waals surface area (Å²) < 4.78 is 40.1. The van der Waals surface area contributed by atoms with E-state index in [0.717, 1.165) is 23.8 Å². The van der Waals surface area contributed by atoms with Gasteiger partial charge in [0, 0.05) is 23.1 Å². The molecule has 0 fully saturated rings. The van der Waals surface area contributed by atoms with Gasteiger partial charge in [-0.15, -0.1) is 0 Å². The molecule has 0 radical (unpaired) electrons. The third-order valence-corrected chi connectivity index (χ3v) is 5.63. The average molecular weight is 466 g/mol. The second-order valence-corrected chi connectivity index (χ2v) is 7.97. The van der Waals surface area contributed by atoms with Crippen molar-refractivity contribution < 1.29 is 18.0 Å². The van der Waals surface area contributed by atoms with E-state index in [0.29, 0.717) is 27.7 Å². The van der Waals surface area contributed by atoms with Crippen LogP contribution in [0.3, 0.4) is 0 Å². The van der Waals surface area contributed by atoms with E-state index in [1.165, 1.54) is 30.0 Å². The Morgan fingerprint density at radius 3 is 2.48 bits per heavy atom. The van der Waals surface area contributed by atoms with Crippen LogP contribution in [0.1, 0.15) is 15.9 Å². The minimum atomic E-state index is -0.940. The molecule has 1 aromatic heterocycles. The third-order valence-electron chi connectivity index (χ3n) is 4.70. The molecular formula is C24H17F3N4OS. The zero-order valence-electron chi connectivity index (χ0n) is 17.1. The fourth-order valence-electron chi connectivity index (χ4n) is 2.96. The van der Waals surface area contributed by atoms with E-state index < -0.39 is 23.4 Å². The van der Waals surface area contributed by atoms with Gasteiger partial charge in [0.25, 0.3) is 5.91 Å². The number of carbonyl (C=O) groups excluding carboxylic acids is 1. The Bertz CT molecular complexity index is 1320. The molecule has 33 heavy (non-hydrogen) atoms. The molecule has 9 heteroatoms. The lowest BCUT2D eigenvalue weighted by Gasteiger charge is -2.09. The van der Waals surface area contributed by atoms with Gasteiger partial charge in [-0.3, -0.25) is 4.79 Å². The summed E-state index contributed by atoms with van der Waals surface area (Å²) in [6.45, 7) is 0. The van der Waals surface area contributed by atoms with Gasteiger partial charge in [-0.25, -0.2) is 23.1 Å². The lowest BCUT2D eigenvalue weighted by atomic mass is 10.1. The first-order valence-corrected chi connectivity index (χ1v) is 10.7. The maximum absolute atomic E-state index is 13.5. The highest BCUT2D eigenvalue weighted by Gasteiger charge is 2.10. The summed E-state index contributed by atoms with van der Waals surface area (Å²) in [7, 11) is 0. The number of nitrogen functional groups attached to an aromatic ring is 1. The molecule has 3 N–H and O–H groups in total. The molecule has 5 nitrogen and oxygen atoms in total. The van der Waals surface area contributed by atoms with Crippen LogP contribution in [0.4, 0.5) is 24.5 Å². The van der Waals surface area contributed by atoms with E-state index in [1.807, 2.05) is 0 Å². The molecule has 1 amide bonds. The van der Waals surface area contributed by atoms with Crippen LogP contribution >= 0.6 is 11.8 Å². The van der Waals surface area contributed by atoms with Crippen molar-refractivity contribution in [2.75, 3.05) is 11.1 Å². The Morgan fingerprint density at radius 2 is 1.73 bits per heavy atom. The largest absolute Gasteiger partial charge is 0.397 e. The van der Waals surface area contributed by atoms with E-state index >= 15 is 0 Å². The van der Waals surface area contributed by atoms with E-state index in [2.05, 4.69) is 15.3 Å². The molecule has 0 atom stereocenters.